The number of rotatable bonds is 7. The van der Waals surface area contributed by atoms with Gasteiger partial charge in [0.1, 0.15) is 22.9 Å². The zero-order valence-electron chi connectivity index (χ0n) is 16.1. The van der Waals surface area contributed by atoms with E-state index in [1.807, 2.05) is 6.92 Å². The molecule has 3 aromatic rings. The van der Waals surface area contributed by atoms with Gasteiger partial charge in [-0.05, 0) is 34.1 Å². The Balaban J connectivity index is 1.82. The molecule has 0 radical (unpaired) electrons. The summed E-state index contributed by atoms with van der Waals surface area (Å²) >= 11 is 3.40. The molecule has 0 aliphatic heterocycles. The van der Waals surface area contributed by atoms with Crippen LogP contribution in [0.5, 0.6) is 5.75 Å². The zero-order chi connectivity index (χ0) is 21.3. The standard InChI is InChI=1S/C20H20BrN3O5/c1-4-14-12(21)8-10(29-14)9-22-15-16(19(27)18(15)26)23-13-7-5-6-11(17(13)25)20(28)24(2)3/h5-8,22-23,25H,4,9H2,1-3H3. The predicted octanol–water partition coefficient (Wildman–Crippen LogP) is 2.96. The third kappa shape index (κ3) is 3.91. The normalized spacial score (nSPS) is 10.9. The number of nitrogens with zero attached hydrogens (tertiary/aromatic N) is 1. The summed E-state index contributed by atoms with van der Waals surface area (Å²) in [7, 11) is 3.13. The zero-order valence-corrected chi connectivity index (χ0v) is 17.7. The predicted molar refractivity (Wildman–Crippen MR) is 114 cm³/mol. The molecule has 0 saturated carbocycles. The number of anilines is 3. The van der Waals surface area contributed by atoms with Crippen molar-refractivity contribution in [2.24, 2.45) is 0 Å². The number of nitrogens with one attached hydrogen (secondary N) is 2. The lowest BCUT2D eigenvalue weighted by Gasteiger charge is -2.17. The summed E-state index contributed by atoms with van der Waals surface area (Å²) in [5.41, 5.74) is -0.993. The number of phenolic OH excluding ortho intramolecular Hbond substituents is 1. The lowest BCUT2D eigenvalue weighted by atomic mass is 10.1. The van der Waals surface area contributed by atoms with Gasteiger partial charge in [0.25, 0.3) is 16.8 Å². The van der Waals surface area contributed by atoms with Crippen LogP contribution < -0.4 is 21.5 Å². The number of hydrogen-bond acceptors (Lipinski definition) is 7. The molecule has 3 rings (SSSR count). The second-order valence-corrected chi connectivity index (χ2v) is 7.48. The van der Waals surface area contributed by atoms with Gasteiger partial charge < -0.3 is 25.1 Å². The SMILES string of the molecule is CCc1oc(CNc2c(Nc3cccc(C(=O)N(C)C)c3O)c(=O)c2=O)cc1Br. The molecule has 1 amide bonds. The highest BCUT2D eigenvalue weighted by atomic mass is 79.9. The number of carbonyl (C=O) groups excluding carboxylic acids is 1. The van der Waals surface area contributed by atoms with Crippen molar-refractivity contribution in [3.05, 3.63) is 66.3 Å². The highest BCUT2D eigenvalue weighted by molar-refractivity contribution is 9.10. The maximum Gasteiger partial charge on any atom is 0.257 e. The minimum Gasteiger partial charge on any atom is -0.505 e. The van der Waals surface area contributed by atoms with Gasteiger partial charge in [0.2, 0.25) is 0 Å². The Labute approximate surface area is 175 Å². The third-order valence-corrected chi connectivity index (χ3v) is 5.08. The fourth-order valence-electron chi connectivity index (χ4n) is 2.83. The van der Waals surface area contributed by atoms with Crippen molar-refractivity contribution >= 4 is 38.9 Å². The first-order chi connectivity index (χ1) is 13.7. The summed E-state index contributed by atoms with van der Waals surface area (Å²) in [5.74, 6) is 0.712. The molecule has 0 atom stereocenters. The number of carbonyl (C=O) groups is 1. The quantitative estimate of drug-likeness (QED) is 0.366. The number of halogens is 1. The van der Waals surface area contributed by atoms with Gasteiger partial charge in [-0.15, -0.1) is 0 Å². The van der Waals surface area contributed by atoms with Crippen molar-refractivity contribution in [1.82, 2.24) is 4.90 Å². The molecule has 152 valence electrons. The number of amides is 1. The van der Waals surface area contributed by atoms with Gasteiger partial charge in [0, 0.05) is 20.5 Å². The molecular weight excluding hydrogens is 442 g/mol. The van der Waals surface area contributed by atoms with Crippen LogP contribution in [0.2, 0.25) is 0 Å². The summed E-state index contributed by atoms with van der Waals surface area (Å²) in [4.78, 5) is 37.5. The van der Waals surface area contributed by atoms with Crippen LogP contribution in [0.15, 0.2) is 42.7 Å². The molecule has 2 aromatic carbocycles. The lowest BCUT2D eigenvalue weighted by molar-refractivity contribution is 0.0824. The largest absolute Gasteiger partial charge is 0.505 e. The third-order valence-electron chi connectivity index (χ3n) is 4.41. The van der Waals surface area contributed by atoms with Crippen molar-refractivity contribution in [1.29, 1.82) is 0 Å². The Hall–Kier alpha value is -3.07. The van der Waals surface area contributed by atoms with Crippen LogP contribution in [-0.4, -0.2) is 30.0 Å². The highest BCUT2D eigenvalue weighted by Crippen LogP contribution is 2.32. The van der Waals surface area contributed by atoms with Gasteiger partial charge in [0.15, 0.2) is 5.75 Å². The Bertz CT molecular complexity index is 1140. The summed E-state index contributed by atoms with van der Waals surface area (Å²) < 4.78 is 6.49. The molecule has 8 nitrogen and oxygen atoms in total. The minimum absolute atomic E-state index is 0.0288. The molecule has 0 spiro atoms. The smallest absolute Gasteiger partial charge is 0.257 e. The van der Waals surface area contributed by atoms with Crippen LogP contribution in [0, 0.1) is 0 Å². The Morgan fingerprint density at radius 1 is 1.21 bits per heavy atom. The number of benzene rings is 1. The lowest BCUT2D eigenvalue weighted by Crippen LogP contribution is -2.36. The fourth-order valence-corrected chi connectivity index (χ4v) is 3.45. The van der Waals surface area contributed by atoms with Crippen molar-refractivity contribution in [3.8, 4) is 5.75 Å². The first-order valence-electron chi connectivity index (χ1n) is 8.89. The summed E-state index contributed by atoms with van der Waals surface area (Å²) in [5, 5.41) is 16.1. The van der Waals surface area contributed by atoms with Gasteiger partial charge in [0.05, 0.1) is 22.3 Å². The maximum absolute atomic E-state index is 12.2. The summed E-state index contributed by atoms with van der Waals surface area (Å²) in [6, 6.07) is 6.36. The van der Waals surface area contributed by atoms with Gasteiger partial charge in [-0.3, -0.25) is 14.4 Å². The molecule has 0 aliphatic carbocycles. The first-order valence-corrected chi connectivity index (χ1v) is 9.68. The highest BCUT2D eigenvalue weighted by Gasteiger charge is 2.23. The number of furan rings is 1. The van der Waals surface area contributed by atoms with E-state index in [1.54, 1.807) is 26.2 Å². The molecule has 3 N–H and O–H groups in total. The number of phenols is 1. The van der Waals surface area contributed by atoms with E-state index in [9.17, 15) is 19.5 Å². The molecule has 1 heterocycles. The van der Waals surface area contributed by atoms with Crippen LogP contribution in [-0.2, 0) is 13.0 Å². The van der Waals surface area contributed by atoms with Crippen molar-refractivity contribution in [3.63, 3.8) is 0 Å². The topological polar surface area (TPSA) is 112 Å². The second-order valence-electron chi connectivity index (χ2n) is 6.63. The summed E-state index contributed by atoms with van der Waals surface area (Å²) in [6.45, 7) is 2.17. The van der Waals surface area contributed by atoms with Crippen LogP contribution in [0.4, 0.5) is 17.1 Å². The Morgan fingerprint density at radius 3 is 2.52 bits per heavy atom. The van der Waals surface area contributed by atoms with Gasteiger partial charge >= 0.3 is 0 Å². The van der Waals surface area contributed by atoms with E-state index in [0.717, 1.165) is 16.7 Å². The number of aryl methyl sites for hydroxylation is 1. The molecule has 29 heavy (non-hydrogen) atoms. The average Bonchev–Trinajstić information content (AvgIpc) is 3.06. The average molecular weight is 462 g/mol. The van der Waals surface area contributed by atoms with Gasteiger partial charge in [-0.1, -0.05) is 13.0 Å². The van der Waals surface area contributed by atoms with Crippen molar-refractivity contribution in [2.45, 2.75) is 19.9 Å². The van der Waals surface area contributed by atoms with Crippen LogP contribution in [0.25, 0.3) is 0 Å². The Morgan fingerprint density at radius 2 is 1.90 bits per heavy atom. The van der Waals surface area contributed by atoms with Gasteiger partial charge in [-0.25, -0.2) is 0 Å². The van der Waals surface area contributed by atoms with Gasteiger partial charge in [-0.2, -0.15) is 0 Å². The van der Waals surface area contributed by atoms with Crippen molar-refractivity contribution < 1.29 is 14.3 Å². The van der Waals surface area contributed by atoms with E-state index >= 15 is 0 Å². The molecule has 0 bridgehead atoms. The van der Waals surface area contributed by atoms with E-state index < -0.39 is 10.9 Å². The first kappa shape index (κ1) is 20.7. The molecule has 0 unspecified atom stereocenters. The molecule has 9 heteroatoms. The molecule has 0 aliphatic rings. The van der Waals surface area contributed by atoms with E-state index in [2.05, 4.69) is 26.6 Å². The van der Waals surface area contributed by atoms with Crippen LogP contribution in [0.1, 0.15) is 28.8 Å². The van der Waals surface area contributed by atoms with Crippen LogP contribution >= 0.6 is 15.9 Å². The molecular formula is C20H20BrN3O5. The number of aromatic hydroxyl groups is 1. The molecule has 1 aromatic heterocycles. The number of hydrogen-bond donors (Lipinski definition) is 3. The second kappa shape index (κ2) is 8.12. The minimum atomic E-state index is -0.703. The summed E-state index contributed by atoms with van der Waals surface area (Å²) in [6.07, 6.45) is 0.717. The Kier molecular flexibility index (Phi) is 5.78. The van der Waals surface area contributed by atoms with Crippen molar-refractivity contribution in [2.75, 3.05) is 24.7 Å². The maximum atomic E-state index is 12.2. The monoisotopic (exact) mass is 461 g/mol. The van der Waals surface area contributed by atoms with E-state index in [1.165, 1.54) is 17.0 Å². The fraction of sp³-hybridized carbons (Fsp3) is 0.250. The number of para-hydroxylation sites is 1. The van der Waals surface area contributed by atoms with E-state index in [-0.39, 0.29) is 40.8 Å². The van der Waals surface area contributed by atoms with Crippen LogP contribution in [0.3, 0.4) is 0 Å². The van der Waals surface area contributed by atoms with E-state index in [0.29, 0.717) is 5.76 Å². The molecule has 0 saturated heterocycles. The molecule has 0 fully saturated rings. The van der Waals surface area contributed by atoms with E-state index in [4.69, 9.17) is 4.42 Å².